The summed E-state index contributed by atoms with van der Waals surface area (Å²) in [5.74, 6) is 0.908. The summed E-state index contributed by atoms with van der Waals surface area (Å²) in [7, 11) is 0. The Morgan fingerprint density at radius 3 is 2.48 bits per heavy atom. The number of halogens is 1. The highest BCUT2D eigenvalue weighted by Crippen LogP contribution is 2.41. The van der Waals surface area contributed by atoms with Gasteiger partial charge in [-0.3, -0.25) is 0 Å². The number of rotatable bonds is 1. The summed E-state index contributed by atoms with van der Waals surface area (Å²) in [5, 5.41) is 10.4. The van der Waals surface area contributed by atoms with E-state index in [0.29, 0.717) is 5.75 Å². The molecule has 1 aliphatic rings. The van der Waals surface area contributed by atoms with Crippen LogP contribution in [0, 0.1) is 6.92 Å². The number of phenols is 1. The van der Waals surface area contributed by atoms with E-state index in [-0.39, 0.29) is 5.75 Å². The molecule has 0 saturated heterocycles. The SMILES string of the molecule is Cc1cc(Cl)ccc1C1=CC(C)(C)Oc2cc(O)ccc21. The van der Waals surface area contributed by atoms with Crippen molar-refractivity contribution in [3.05, 3.63) is 64.2 Å². The van der Waals surface area contributed by atoms with Crippen molar-refractivity contribution in [2.45, 2.75) is 26.4 Å². The van der Waals surface area contributed by atoms with Crippen molar-refractivity contribution in [3.8, 4) is 11.5 Å². The number of ether oxygens (including phenoxy) is 1. The largest absolute Gasteiger partial charge is 0.508 e. The van der Waals surface area contributed by atoms with Crippen LogP contribution in [0.1, 0.15) is 30.5 Å². The first-order valence-corrected chi connectivity index (χ1v) is 7.25. The second-order valence-corrected chi connectivity index (χ2v) is 6.34. The molecule has 0 amide bonds. The smallest absolute Gasteiger partial charge is 0.132 e. The highest BCUT2D eigenvalue weighted by Gasteiger charge is 2.28. The van der Waals surface area contributed by atoms with Crippen LogP contribution in [-0.4, -0.2) is 10.7 Å². The van der Waals surface area contributed by atoms with Crippen molar-refractivity contribution in [2.75, 3.05) is 0 Å². The van der Waals surface area contributed by atoms with Crippen molar-refractivity contribution in [1.82, 2.24) is 0 Å². The molecule has 3 rings (SSSR count). The standard InChI is InChI=1S/C18H17ClO2/c1-11-8-12(19)4-6-14(11)16-10-18(2,3)21-17-9-13(20)5-7-15(16)17/h4-10,20H,1-3H3. The molecule has 1 N–H and O–H groups in total. The van der Waals surface area contributed by atoms with Gasteiger partial charge in [0.05, 0.1) is 0 Å². The molecule has 0 spiro atoms. The molecule has 2 nitrogen and oxygen atoms in total. The highest BCUT2D eigenvalue weighted by molar-refractivity contribution is 6.30. The molecule has 0 radical (unpaired) electrons. The monoisotopic (exact) mass is 300 g/mol. The van der Waals surface area contributed by atoms with Crippen LogP contribution < -0.4 is 4.74 Å². The van der Waals surface area contributed by atoms with E-state index in [1.807, 2.05) is 45.0 Å². The normalized spacial score (nSPS) is 15.9. The van der Waals surface area contributed by atoms with Gasteiger partial charge in [0.2, 0.25) is 0 Å². The summed E-state index contributed by atoms with van der Waals surface area (Å²) in [4.78, 5) is 0. The van der Waals surface area contributed by atoms with Crippen LogP contribution in [0.25, 0.3) is 5.57 Å². The maximum Gasteiger partial charge on any atom is 0.132 e. The Labute approximate surface area is 129 Å². The van der Waals surface area contributed by atoms with E-state index < -0.39 is 5.60 Å². The van der Waals surface area contributed by atoms with Gasteiger partial charge in [0.25, 0.3) is 0 Å². The zero-order valence-corrected chi connectivity index (χ0v) is 13.0. The number of hydrogen-bond acceptors (Lipinski definition) is 2. The molecule has 0 atom stereocenters. The lowest BCUT2D eigenvalue weighted by molar-refractivity contribution is 0.157. The number of phenolic OH excluding ortho intramolecular Hbond substituents is 1. The van der Waals surface area contributed by atoms with Gasteiger partial charge >= 0.3 is 0 Å². The van der Waals surface area contributed by atoms with Crippen molar-refractivity contribution in [1.29, 1.82) is 0 Å². The summed E-state index contributed by atoms with van der Waals surface area (Å²) in [6.07, 6.45) is 2.11. The van der Waals surface area contributed by atoms with Gasteiger partial charge in [-0.05, 0) is 67.8 Å². The van der Waals surface area contributed by atoms with E-state index in [1.54, 1.807) is 12.1 Å². The second kappa shape index (κ2) is 4.81. The quantitative estimate of drug-likeness (QED) is 0.807. The van der Waals surface area contributed by atoms with Crippen LogP contribution >= 0.6 is 11.6 Å². The lowest BCUT2D eigenvalue weighted by atomic mass is 9.88. The van der Waals surface area contributed by atoms with Gasteiger partial charge in [-0.1, -0.05) is 17.7 Å². The van der Waals surface area contributed by atoms with Crippen LogP contribution in [0.2, 0.25) is 5.02 Å². The van der Waals surface area contributed by atoms with E-state index in [0.717, 1.165) is 27.3 Å². The minimum Gasteiger partial charge on any atom is -0.508 e. The number of hydrogen-bond donors (Lipinski definition) is 1. The maximum atomic E-state index is 9.69. The number of fused-ring (bicyclic) bond motifs is 1. The number of aromatic hydroxyl groups is 1. The fraction of sp³-hybridized carbons (Fsp3) is 0.222. The van der Waals surface area contributed by atoms with E-state index in [4.69, 9.17) is 16.3 Å². The van der Waals surface area contributed by atoms with Crippen molar-refractivity contribution in [3.63, 3.8) is 0 Å². The molecule has 0 aromatic heterocycles. The zero-order valence-electron chi connectivity index (χ0n) is 12.3. The Balaban J connectivity index is 2.22. The molecule has 0 fully saturated rings. The molecule has 3 heteroatoms. The third-order valence-corrected chi connectivity index (χ3v) is 3.83. The van der Waals surface area contributed by atoms with Crippen LogP contribution in [0.5, 0.6) is 11.5 Å². The van der Waals surface area contributed by atoms with Crippen molar-refractivity contribution < 1.29 is 9.84 Å². The van der Waals surface area contributed by atoms with Gasteiger partial charge in [-0.15, -0.1) is 0 Å². The minimum atomic E-state index is -0.428. The molecular weight excluding hydrogens is 284 g/mol. The Morgan fingerprint density at radius 1 is 1.05 bits per heavy atom. The summed E-state index contributed by atoms with van der Waals surface area (Å²) >= 11 is 6.06. The number of aryl methyl sites for hydroxylation is 1. The van der Waals surface area contributed by atoms with E-state index in [9.17, 15) is 5.11 Å². The fourth-order valence-electron chi connectivity index (χ4n) is 2.71. The Bertz CT molecular complexity index is 745. The first-order chi connectivity index (χ1) is 9.85. The minimum absolute atomic E-state index is 0.207. The van der Waals surface area contributed by atoms with Gasteiger partial charge in [0.1, 0.15) is 17.1 Å². The maximum absolute atomic E-state index is 9.69. The third-order valence-electron chi connectivity index (χ3n) is 3.60. The fourth-order valence-corrected chi connectivity index (χ4v) is 2.93. The topological polar surface area (TPSA) is 29.5 Å². The molecule has 0 aliphatic carbocycles. The summed E-state index contributed by atoms with van der Waals surface area (Å²) in [6, 6.07) is 11.1. The Hall–Kier alpha value is -1.93. The Kier molecular flexibility index (Phi) is 3.22. The summed E-state index contributed by atoms with van der Waals surface area (Å²) in [6.45, 7) is 6.06. The lowest BCUT2D eigenvalue weighted by Crippen LogP contribution is -2.29. The van der Waals surface area contributed by atoms with E-state index in [2.05, 4.69) is 6.08 Å². The predicted octanol–water partition coefficient (Wildman–Crippen LogP) is 4.96. The second-order valence-electron chi connectivity index (χ2n) is 5.90. The van der Waals surface area contributed by atoms with Crippen molar-refractivity contribution in [2.24, 2.45) is 0 Å². The molecule has 0 saturated carbocycles. The average Bonchev–Trinajstić information content (AvgIpc) is 2.36. The first-order valence-electron chi connectivity index (χ1n) is 6.87. The van der Waals surface area contributed by atoms with Gasteiger partial charge in [0, 0.05) is 16.7 Å². The molecule has 1 heterocycles. The molecule has 1 aliphatic heterocycles. The van der Waals surface area contributed by atoms with Gasteiger partial charge in [0.15, 0.2) is 0 Å². The van der Waals surface area contributed by atoms with Gasteiger partial charge in [-0.2, -0.15) is 0 Å². The van der Waals surface area contributed by atoms with Crippen molar-refractivity contribution >= 4 is 17.2 Å². The average molecular weight is 301 g/mol. The van der Waals surface area contributed by atoms with E-state index in [1.165, 1.54) is 0 Å². The molecule has 2 aromatic rings. The van der Waals surface area contributed by atoms with Crippen LogP contribution in [-0.2, 0) is 0 Å². The molecule has 0 unspecified atom stereocenters. The predicted molar refractivity (Wildman–Crippen MR) is 86.1 cm³/mol. The van der Waals surface area contributed by atoms with Gasteiger partial charge < -0.3 is 9.84 Å². The van der Waals surface area contributed by atoms with E-state index >= 15 is 0 Å². The molecule has 108 valence electrons. The lowest BCUT2D eigenvalue weighted by Gasteiger charge is -2.31. The zero-order chi connectivity index (χ0) is 15.2. The van der Waals surface area contributed by atoms with Crippen LogP contribution in [0.4, 0.5) is 0 Å². The Morgan fingerprint density at radius 2 is 1.76 bits per heavy atom. The number of benzene rings is 2. The molecule has 2 aromatic carbocycles. The van der Waals surface area contributed by atoms with Gasteiger partial charge in [-0.25, -0.2) is 0 Å². The molecule has 0 bridgehead atoms. The molecular formula is C18H17ClO2. The first kappa shape index (κ1) is 14.0. The highest BCUT2D eigenvalue weighted by atomic mass is 35.5. The van der Waals surface area contributed by atoms with Crippen LogP contribution in [0.3, 0.4) is 0 Å². The molecule has 21 heavy (non-hydrogen) atoms. The summed E-state index contributed by atoms with van der Waals surface area (Å²) in [5.41, 5.74) is 3.91. The third kappa shape index (κ3) is 2.64. The van der Waals surface area contributed by atoms with Crippen LogP contribution in [0.15, 0.2) is 42.5 Å². The summed E-state index contributed by atoms with van der Waals surface area (Å²) < 4.78 is 5.95.